The van der Waals surface area contributed by atoms with E-state index in [1.54, 1.807) is 6.07 Å². The molecule has 0 bridgehead atoms. The number of halogens is 1. The zero-order valence-electron chi connectivity index (χ0n) is 12.5. The zero-order valence-corrected chi connectivity index (χ0v) is 13.3. The number of hydrogen-bond acceptors (Lipinski definition) is 5. The molecule has 9 heteroatoms. The molecule has 7 nitrogen and oxygen atoms in total. The highest BCUT2D eigenvalue weighted by Gasteiger charge is 2.29. The monoisotopic (exact) mass is 339 g/mol. The maximum Gasteiger partial charge on any atom is 0.239 e. The van der Waals surface area contributed by atoms with E-state index in [-0.39, 0.29) is 27.8 Å². The molecule has 0 aliphatic heterocycles. The van der Waals surface area contributed by atoms with E-state index in [9.17, 15) is 12.8 Å². The summed E-state index contributed by atoms with van der Waals surface area (Å²) in [4.78, 5) is -0.232. The predicted molar refractivity (Wildman–Crippen MR) is 81.6 cm³/mol. The largest absolute Gasteiger partial charge is 0.246 e. The molecule has 23 heavy (non-hydrogen) atoms. The second kappa shape index (κ2) is 6.32. The fourth-order valence-corrected chi connectivity index (χ4v) is 4.31. The molecule has 1 aliphatic rings. The third-order valence-electron chi connectivity index (χ3n) is 4.31. The highest BCUT2D eigenvalue weighted by atomic mass is 32.2. The average molecular weight is 339 g/mol. The summed E-state index contributed by atoms with van der Waals surface area (Å²) in [5, 5.41) is 19.0. The van der Waals surface area contributed by atoms with Crippen molar-refractivity contribution in [2.45, 2.75) is 49.6 Å². The average Bonchev–Trinajstić information content (AvgIpc) is 3.07. The third-order valence-corrected chi connectivity index (χ3v) is 5.35. The third kappa shape index (κ3) is 3.11. The van der Waals surface area contributed by atoms with Gasteiger partial charge in [-0.3, -0.25) is 0 Å². The molecular formula is C14H18FN5O2S. The Hall–Kier alpha value is -1.87. The summed E-state index contributed by atoms with van der Waals surface area (Å²) in [5.41, 5.74) is 1.10. The molecule has 2 aromatic rings. The molecule has 124 valence electrons. The van der Waals surface area contributed by atoms with E-state index in [0.717, 1.165) is 31.2 Å². The van der Waals surface area contributed by atoms with Crippen LogP contribution >= 0.6 is 0 Å². The first-order valence-electron chi connectivity index (χ1n) is 7.50. The van der Waals surface area contributed by atoms with Crippen LogP contribution in [0.4, 0.5) is 4.39 Å². The molecule has 3 rings (SSSR count). The molecule has 1 saturated carbocycles. The number of nitrogens with two attached hydrogens (primary N) is 1. The summed E-state index contributed by atoms with van der Waals surface area (Å²) in [6.45, 7) is -0.929. The fourth-order valence-electron chi connectivity index (χ4n) is 3.32. The van der Waals surface area contributed by atoms with Crippen molar-refractivity contribution >= 4 is 10.0 Å². The Morgan fingerprint density at radius 3 is 2.57 bits per heavy atom. The van der Waals surface area contributed by atoms with Crippen LogP contribution in [0.25, 0.3) is 11.4 Å². The van der Waals surface area contributed by atoms with Gasteiger partial charge in [-0.25, -0.2) is 17.9 Å². The van der Waals surface area contributed by atoms with Gasteiger partial charge in [0.2, 0.25) is 15.8 Å². The van der Waals surface area contributed by atoms with Crippen molar-refractivity contribution in [2.24, 2.45) is 5.14 Å². The lowest BCUT2D eigenvalue weighted by Crippen LogP contribution is -2.18. The van der Waals surface area contributed by atoms with Gasteiger partial charge >= 0.3 is 0 Å². The molecule has 0 saturated heterocycles. The number of tetrazole rings is 1. The van der Waals surface area contributed by atoms with Crippen molar-refractivity contribution in [2.75, 3.05) is 0 Å². The number of aromatic amines is 1. The predicted octanol–water partition coefficient (Wildman–Crippen LogP) is 2.03. The standard InChI is InChI=1S/C14H18FN5O2S/c15-8-10-6-7-11(9-4-2-1-3-5-9)12(13(10)23(16,21)22)14-17-19-20-18-14/h6-7,9H,1-5,8H2,(H2,16,21,22)(H,17,18,19,20). The summed E-state index contributed by atoms with van der Waals surface area (Å²) in [5.74, 6) is 0.316. The number of nitrogens with zero attached hydrogens (tertiary/aromatic N) is 3. The topological polar surface area (TPSA) is 115 Å². The van der Waals surface area contributed by atoms with Crippen molar-refractivity contribution in [1.82, 2.24) is 20.6 Å². The lowest BCUT2D eigenvalue weighted by atomic mass is 9.81. The lowest BCUT2D eigenvalue weighted by molar-refractivity contribution is 0.442. The molecule has 1 aromatic heterocycles. The van der Waals surface area contributed by atoms with Gasteiger partial charge in [-0.1, -0.05) is 31.4 Å². The second-order valence-electron chi connectivity index (χ2n) is 5.77. The number of hydrogen-bond donors (Lipinski definition) is 2. The van der Waals surface area contributed by atoms with Crippen molar-refractivity contribution in [3.05, 3.63) is 23.3 Å². The van der Waals surface area contributed by atoms with Gasteiger partial charge in [0.15, 0.2) is 0 Å². The van der Waals surface area contributed by atoms with E-state index in [4.69, 9.17) is 5.14 Å². The summed E-state index contributed by atoms with van der Waals surface area (Å²) in [6, 6.07) is 3.26. The minimum atomic E-state index is -4.13. The molecule has 0 atom stereocenters. The van der Waals surface area contributed by atoms with Crippen LogP contribution in [0.5, 0.6) is 0 Å². The first-order chi connectivity index (χ1) is 11.0. The number of rotatable bonds is 4. The molecule has 1 fully saturated rings. The molecule has 0 unspecified atom stereocenters. The second-order valence-corrected chi connectivity index (χ2v) is 7.27. The minimum Gasteiger partial charge on any atom is -0.246 e. The number of primary sulfonamides is 1. The first kappa shape index (κ1) is 16.0. The summed E-state index contributed by atoms with van der Waals surface area (Å²) in [7, 11) is -4.13. The maximum absolute atomic E-state index is 13.3. The van der Waals surface area contributed by atoms with Gasteiger partial charge in [0.25, 0.3) is 0 Å². The number of aromatic nitrogens is 4. The Labute approximate surface area is 133 Å². The fraction of sp³-hybridized carbons (Fsp3) is 0.500. The van der Waals surface area contributed by atoms with E-state index in [0.29, 0.717) is 0 Å². The van der Waals surface area contributed by atoms with E-state index in [2.05, 4.69) is 20.6 Å². The van der Waals surface area contributed by atoms with Gasteiger partial charge in [0, 0.05) is 11.1 Å². The Morgan fingerprint density at radius 1 is 1.26 bits per heavy atom. The quantitative estimate of drug-likeness (QED) is 0.884. The molecule has 1 heterocycles. The highest BCUT2D eigenvalue weighted by molar-refractivity contribution is 7.89. The Bertz CT molecular complexity index is 786. The first-order valence-corrected chi connectivity index (χ1v) is 9.05. The van der Waals surface area contributed by atoms with Crippen LogP contribution in [0.2, 0.25) is 0 Å². The lowest BCUT2D eigenvalue weighted by Gasteiger charge is -2.25. The minimum absolute atomic E-state index is 0.0202. The van der Waals surface area contributed by atoms with Crippen LogP contribution < -0.4 is 5.14 Å². The van der Waals surface area contributed by atoms with Gasteiger partial charge in [-0.05, 0) is 29.5 Å². The zero-order chi connectivity index (χ0) is 16.4. The van der Waals surface area contributed by atoms with Gasteiger partial charge in [0.05, 0.1) is 4.90 Å². The molecule has 0 spiro atoms. The smallest absolute Gasteiger partial charge is 0.239 e. The SMILES string of the molecule is NS(=O)(=O)c1c(CF)ccc(C2CCCCC2)c1-c1nn[nH]n1. The molecule has 1 aromatic carbocycles. The van der Waals surface area contributed by atoms with E-state index in [1.807, 2.05) is 0 Å². The van der Waals surface area contributed by atoms with Crippen LogP contribution in [0.3, 0.4) is 0 Å². The van der Waals surface area contributed by atoms with Gasteiger partial charge in [0.1, 0.15) is 6.67 Å². The van der Waals surface area contributed by atoms with Crippen molar-refractivity contribution in [3.63, 3.8) is 0 Å². The van der Waals surface area contributed by atoms with Gasteiger partial charge < -0.3 is 0 Å². The van der Waals surface area contributed by atoms with Crippen molar-refractivity contribution < 1.29 is 12.8 Å². The van der Waals surface area contributed by atoms with Crippen LogP contribution in [-0.4, -0.2) is 29.0 Å². The van der Waals surface area contributed by atoms with Crippen LogP contribution in [-0.2, 0) is 16.7 Å². The van der Waals surface area contributed by atoms with E-state index >= 15 is 0 Å². The Kier molecular flexibility index (Phi) is 4.40. The summed E-state index contributed by atoms with van der Waals surface area (Å²) in [6.07, 6.45) is 5.21. The molecule has 1 aliphatic carbocycles. The number of alkyl halides is 1. The van der Waals surface area contributed by atoms with Crippen LogP contribution in [0.1, 0.15) is 49.1 Å². The van der Waals surface area contributed by atoms with Crippen molar-refractivity contribution in [3.8, 4) is 11.4 Å². The number of sulfonamides is 1. The normalized spacial score (nSPS) is 16.6. The van der Waals surface area contributed by atoms with Crippen molar-refractivity contribution in [1.29, 1.82) is 0 Å². The number of H-pyrrole nitrogens is 1. The summed E-state index contributed by atoms with van der Waals surface area (Å²) < 4.78 is 37.5. The Morgan fingerprint density at radius 2 is 2.00 bits per heavy atom. The van der Waals surface area contributed by atoms with Gasteiger partial charge in [-0.15, -0.1) is 10.2 Å². The molecule has 0 amide bonds. The summed E-state index contributed by atoms with van der Waals surface area (Å²) >= 11 is 0. The molecule has 0 radical (unpaired) electrons. The van der Waals surface area contributed by atoms with Crippen LogP contribution in [0, 0.1) is 0 Å². The molecular weight excluding hydrogens is 321 g/mol. The number of nitrogens with one attached hydrogen (secondary N) is 1. The van der Waals surface area contributed by atoms with Crippen LogP contribution in [0.15, 0.2) is 17.0 Å². The maximum atomic E-state index is 13.3. The highest BCUT2D eigenvalue weighted by Crippen LogP contribution is 2.40. The van der Waals surface area contributed by atoms with Gasteiger partial charge in [-0.2, -0.15) is 5.21 Å². The van der Waals surface area contributed by atoms with E-state index < -0.39 is 16.7 Å². The Balaban J connectivity index is 2.28. The number of benzene rings is 1. The molecule has 3 N–H and O–H groups in total. The van der Waals surface area contributed by atoms with E-state index in [1.165, 1.54) is 12.5 Å².